The number of halogens is 10. The van der Waals surface area contributed by atoms with Crippen LogP contribution in [0.25, 0.3) is 0 Å². The van der Waals surface area contributed by atoms with Crippen LogP contribution in [0, 0.1) is 0 Å². The van der Waals surface area contributed by atoms with Gasteiger partial charge in [0.25, 0.3) is 5.91 Å². The van der Waals surface area contributed by atoms with E-state index in [0.29, 0.717) is 18.9 Å². The number of hydrogen-bond acceptors (Lipinski definition) is 3. The summed E-state index contributed by atoms with van der Waals surface area (Å²) in [5.74, 6) is -0.902. The topological polar surface area (TPSA) is 54.5 Å². The van der Waals surface area contributed by atoms with E-state index in [1.54, 1.807) is 0 Å². The molecule has 5 rings (SSSR count). The Morgan fingerprint density at radius 1 is 0.860 bits per heavy atom. The molecule has 43 heavy (non-hydrogen) atoms. The number of nitrogens with zero attached hydrogens (tertiary/aromatic N) is 1. The van der Waals surface area contributed by atoms with Gasteiger partial charge in [-0.3, -0.25) is 4.79 Å². The molecule has 1 amide bonds. The van der Waals surface area contributed by atoms with Crippen LogP contribution in [0.15, 0.2) is 41.3 Å². The lowest BCUT2D eigenvalue weighted by Crippen LogP contribution is -2.56. The summed E-state index contributed by atoms with van der Waals surface area (Å²) in [4.78, 5) is 14.4. The number of sulfone groups is 1. The van der Waals surface area contributed by atoms with Gasteiger partial charge >= 0.3 is 18.0 Å². The highest BCUT2D eigenvalue weighted by Gasteiger charge is 2.74. The Kier molecular flexibility index (Phi) is 7.86. The first-order valence-corrected chi connectivity index (χ1v) is 15.7. The molecule has 2 aliphatic carbocycles. The fourth-order valence-corrected chi connectivity index (χ4v) is 9.67. The van der Waals surface area contributed by atoms with Crippen LogP contribution in [0.1, 0.15) is 61.6 Å². The van der Waals surface area contributed by atoms with Crippen molar-refractivity contribution in [2.24, 2.45) is 0 Å². The van der Waals surface area contributed by atoms with Gasteiger partial charge < -0.3 is 4.90 Å². The van der Waals surface area contributed by atoms with Crippen LogP contribution in [0.2, 0.25) is 10.0 Å². The van der Waals surface area contributed by atoms with E-state index in [1.165, 1.54) is 6.07 Å². The lowest BCUT2D eigenvalue weighted by atomic mass is 9.76. The Morgan fingerprint density at radius 3 is 2.07 bits per heavy atom. The van der Waals surface area contributed by atoms with E-state index in [2.05, 4.69) is 0 Å². The first-order chi connectivity index (χ1) is 19.8. The Bertz CT molecular complexity index is 1540. The van der Waals surface area contributed by atoms with E-state index in [4.69, 9.17) is 23.2 Å². The third-order valence-corrected chi connectivity index (χ3v) is 12.3. The summed E-state index contributed by atoms with van der Waals surface area (Å²) in [5, 5.41) is -0.127. The molecule has 2 aromatic carbocycles. The molecule has 3 aliphatic rings. The largest absolute Gasteiger partial charge is 0.435 e. The molecule has 1 aliphatic heterocycles. The first-order valence-electron chi connectivity index (χ1n) is 13.5. The fourth-order valence-electron chi connectivity index (χ4n) is 6.91. The number of amides is 1. The van der Waals surface area contributed by atoms with E-state index in [-0.39, 0.29) is 70.8 Å². The molecule has 236 valence electrons. The SMILES string of the molecule is O=C(N1CCC2(S(=O)(=O)c3ccc(Cl)c(Cl)c3)c3ccc(C(F)(C(F)(F)F)C(F)(F)F)cc3CCC12)C1(F)CCCCC1. The van der Waals surface area contributed by atoms with E-state index in [9.17, 15) is 43.9 Å². The maximum atomic E-state index is 15.9. The molecular weight excluding hydrogens is 653 g/mol. The molecular formula is C28H25Cl2F8NO3S. The van der Waals surface area contributed by atoms with Gasteiger partial charge in [-0.05, 0) is 74.3 Å². The molecule has 1 saturated heterocycles. The minimum atomic E-state index is -6.37. The fraction of sp³-hybridized carbons (Fsp3) is 0.536. The minimum Gasteiger partial charge on any atom is -0.335 e. The molecule has 0 radical (unpaired) electrons. The van der Waals surface area contributed by atoms with Crippen molar-refractivity contribution in [2.45, 2.75) is 90.7 Å². The second-order valence-corrected chi connectivity index (χ2v) is 14.3. The number of alkyl halides is 8. The summed E-state index contributed by atoms with van der Waals surface area (Å²) in [5.41, 5.74) is -10.1. The summed E-state index contributed by atoms with van der Waals surface area (Å²) >= 11 is 12.1. The standard InChI is InChI=1S/C28H25Cl2F8NO3S/c29-20-8-6-18(15-21(20)30)43(41,42)25-12-13-39(23(40)24(31)10-2-1-3-11-24)22(25)9-4-16-14-17(5-7-19(16)25)26(32,27(33,34)35)28(36,37)38/h5-8,14-15,22H,1-4,9-13H2. The van der Waals surface area contributed by atoms with Gasteiger partial charge in [-0.25, -0.2) is 17.2 Å². The van der Waals surface area contributed by atoms with Crippen LogP contribution < -0.4 is 0 Å². The summed E-state index contributed by atoms with van der Waals surface area (Å²) in [6.07, 6.45) is -12.1. The van der Waals surface area contributed by atoms with E-state index < -0.39 is 55.8 Å². The number of hydrogen-bond donors (Lipinski definition) is 0. The molecule has 0 aromatic heterocycles. The monoisotopic (exact) mass is 677 g/mol. The number of rotatable bonds is 4. The lowest BCUT2D eigenvalue weighted by Gasteiger charge is -2.44. The smallest absolute Gasteiger partial charge is 0.335 e. The van der Waals surface area contributed by atoms with Gasteiger partial charge in [-0.15, -0.1) is 0 Å². The maximum absolute atomic E-state index is 15.9. The molecule has 1 heterocycles. The van der Waals surface area contributed by atoms with Crippen LogP contribution in [-0.2, 0) is 31.5 Å². The Morgan fingerprint density at radius 2 is 1.49 bits per heavy atom. The maximum Gasteiger partial charge on any atom is 0.435 e. The highest BCUT2D eigenvalue weighted by atomic mass is 35.5. The highest BCUT2D eigenvalue weighted by Crippen LogP contribution is 2.57. The highest BCUT2D eigenvalue weighted by molar-refractivity contribution is 7.92. The summed E-state index contributed by atoms with van der Waals surface area (Å²) in [7, 11) is -4.63. The van der Waals surface area contributed by atoms with Gasteiger partial charge in [0.05, 0.1) is 21.0 Å². The van der Waals surface area contributed by atoms with Crippen LogP contribution in [-0.4, -0.2) is 49.8 Å². The quantitative estimate of drug-likeness (QED) is 0.307. The lowest BCUT2D eigenvalue weighted by molar-refractivity contribution is -0.348. The van der Waals surface area contributed by atoms with E-state index >= 15 is 4.39 Å². The molecule has 0 spiro atoms. The zero-order valence-electron chi connectivity index (χ0n) is 22.3. The van der Waals surface area contributed by atoms with Gasteiger partial charge in [-0.1, -0.05) is 47.8 Å². The summed E-state index contributed by atoms with van der Waals surface area (Å²) in [6.45, 7) is -0.241. The van der Waals surface area contributed by atoms with Gasteiger partial charge in [0.1, 0.15) is 4.75 Å². The zero-order valence-corrected chi connectivity index (χ0v) is 24.6. The third kappa shape index (κ3) is 4.74. The number of likely N-dealkylation sites (tertiary alicyclic amines) is 1. The number of carbonyl (C=O) groups excluding carboxylic acids is 1. The summed E-state index contributed by atoms with van der Waals surface area (Å²) in [6, 6.07) is 3.59. The molecule has 2 fully saturated rings. The van der Waals surface area contributed by atoms with Gasteiger partial charge in [0, 0.05) is 12.1 Å². The normalized spacial score (nSPS) is 24.4. The second-order valence-electron chi connectivity index (χ2n) is 11.3. The van der Waals surface area contributed by atoms with Crippen molar-refractivity contribution in [3.8, 4) is 0 Å². The number of carbonyl (C=O) groups is 1. The second kappa shape index (κ2) is 10.5. The van der Waals surface area contributed by atoms with Crippen molar-refractivity contribution in [2.75, 3.05) is 6.54 Å². The van der Waals surface area contributed by atoms with Crippen molar-refractivity contribution in [1.29, 1.82) is 0 Å². The predicted molar refractivity (Wildman–Crippen MR) is 142 cm³/mol. The summed E-state index contributed by atoms with van der Waals surface area (Å²) < 4.78 is 139. The third-order valence-electron chi connectivity index (χ3n) is 9.04. The predicted octanol–water partition coefficient (Wildman–Crippen LogP) is 8.17. The molecule has 0 bridgehead atoms. The van der Waals surface area contributed by atoms with Crippen LogP contribution in [0.5, 0.6) is 0 Å². The van der Waals surface area contributed by atoms with Crippen molar-refractivity contribution < 1.29 is 48.3 Å². The molecule has 15 heteroatoms. The molecule has 0 N–H and O–H groups in total. The van der Waals surface area contributed by atoms with Crippen LogP contribution in [0.3, 0.4) is 0 Å². The number of fused-ring (bicyclic) bond motifs is 3. The van der Waals surface area contributed by atoms with Crippen LogP contribution in [0.4, 0.5) is 35.1 Å². The van der Waals surface area contributed by atoms with E-state index in [0.717, 1.165) is 29.5 Å². The van der Waals surface area contributed by atoms with Crippen LogP contribution >= 0.6 is 23.2 Å². The van der Waals surface area contributed by atoms with Crippen molar-refractivity contribution >= 4 is 38.9 Å². The minimum absolute atomic E-state index is 0.0156. The Labute approximate surface area is 252 Å². The average Bonchev–Trinajstić information content (AvgIpc) is 3.34. The molecule has 2 atom stereocenters. The molecule has 4 nitrogen and oxygen atoms in total. The zero-order chi connectivity index (χ0) is 31.8. The van der Waals surface area contributed by atoms with Gasteiger partial charge in [0.2, 0.25) is 0 Å². The van der Waals surface area contributed by atoms with Crippen molar-refractivity contribution in [1.82, 2.24) is 4.90 Å². The van der Waals surface area contributed by atoms with Gasteiger partial charge in [-0.2, -0.15) is 26.3 Å². The van der Waals surface area contributed by atoms with Crippen molar-refractivity contribution in [3.05, 3.63) is 63.1 Å². The Hall–Kier alpha value is -2.12. The van der Waals surface area contributed by atoms with Gasteiger partial charge in [0.15, 0.2) is 15.5 Å². The number of benzene rings is 2. The Balaban J connectivity index is 1.70. The molecule has 1 saturated carbocycles. The molecule has 2 aromatic rings. The van der Waals surface area contributed by atoms with E-state index in [1.807, 2.05) is 0 Å². The average molecular weight is 678 g/mol. The first kappa shape index (κ1) is 32.3. The molecule has 2 unspecified atom stereocenters. The number of aryl methyl sites for hydroxylation is 1. The van der Waals surface area contributed by atoms with Crippen molar-refractivity contribution in [3.63, 3.8) is 0 Å².